The van der Waals surface area contributed by atoms with Crippen molar-refractivity contribution >= 4 is 32.3 Å². The number of aromatic nitrogens is 1. The van der Waals surface area contributed by atoms with Crippen LogP contribution in [-0.4, -0.2) is 0 Å². The second-order valence-electron chi connectivity index (χ2n) is 13.8. The normalized spacial score (nSPS) is 15.0. The van der Waals surface area contributed by atoms with Crippen molar-refractivity contribution in [1.29, 1.82) is 0 Å². The zero-order valence-electron chi connectivity index (χ0n) is 25.7. The van der Waals surface area contributed by atoms with Crippen LogP contribution in [0.25, 0.3) is 43.6 Å². The number of ether oxygens (including phenoxy) is 1. The first-order valence-electron chi connectivity index (χ1n) is 15.9. The fourth-order valence-electron chi connectivity index (χ4n) is 7.81. The van der Waals surface area contributed by atoms with Crippen LogP contribution in [0.2, 0.25) is 0 Å². The van der Waals surface area contributed by atoms with E-state index in [0.29, 0.717) is 11.8 Å². The molecule has 0 saturated heterocycles. The molecule has 1 aromatic heterocycles. The molecule has 1 fully saturated rings. The van der Waals surface area contributed by atoms with Crippen LogP contribution in [0.4, 0.5) is 0 Å². The molecule has 210 valence electrons. The standard InChI is InChI=1S/C39H44NO/c1-23(2)17-27-12-14-30-32(20-27)25(5)36-38-37-31(15-16-40(38)6)33-21-28(19-26-9-7-8-10-26)11-13-29(33)22-35(37)41-39(36)34(30)18-24(3)4/h11-16,20-24,26H,7-10,17-19H2,1-6H3/q+1. The van der Waals surface area contributed by atoms with Crippen LogP contribution in [0.1, 0.15) is 75.6 Å². The van der Waals surface area contributed by atoms with E-state index in [4.69, 9.17) is 4.74 Å². The zero-order valence-corrected chi connectivity index (χ0v) is 25.7. The summed E-state index contributed by atoms with van der Waals surface area (Å²) in [6.45, 7) is 11.6. The molecule has 4 aromatic carbocycles. The van der Waals surface area contributed by atoms with Gasteiger partial charge in [0.15, 0.2) is 6.20 Å². The molecule has 0 amide bonds. The van der Waals surface area contributed by atoms with Gasteiger partial charge < -0.3 is 4.74 Å². The van der Waals surface area contributed by atoms with Gasteiger partial charge in [-0.15, -0.1) is 0 Å². The Morgan fingerprint density at radius 2 is 1.54 bits per heavy atom. The van der Waals surface area contributed by atoms with Gasteiger partial charge in [0.05, 0.1) is 10.9 Å². The average molecular weight is 543 g/mol. The number of fused-ring (bicyclic) bond motifs is 5. The van der Waals surface area contributed by atoms with Gasteiger partial charge in [-0.2, -0.15) is 0 Å². The van der Waals surface area contributed by atoms with Crippen LogP contribution in [0.5, 0.6) is 11.5 Å². The molecule has 7 rings (SSSR count). The number of hydrogen-bond acceptors (Lipinski definition) is 1. The molecule has 1 aliphatic heterocycles. The summed E-state index contributed by atoms with van der Waals surface area (Å²) in [7, 11) is 2.20. The number of nitrogens with zero attached hydrogens (tertiary/aromatic N) is 1. The van der Waals surface area contributed by atoms with E-state index in [2.05, 4.69) is 101 Å². The first kappa shape index (κ1) is 26.5. The highest BCUT2D eigenvalue weighted by Crippen LogP contribution is 2.52. The van der Waals surface area contributed by atoms with Crippen molar-refractivity contribution in [3.05, 3.63) is 77.0 Å². The molecule has 5 aromatic rings. The van der Waals surface area contributed by atoms with Gasteiger partial charge in [0, 0.05) is 17.0 Å². The van der Waals surface area contributed by atoms with Crippen molar-refractivity contribution in [1.82, 2.24) is 0 Å². The monoisotopic (exact) mass is 542 g/mol. The first-order valence-corrected chi connectivity index (χ1v) is 15.9. The summed E-state index contributed by atoms with van der Waals surface area (Å²) in [5, 5.41) is 7.91. The number of rotatable bonds is 6. The highest BCUT2D eigenvalue weighted by Gasteiger charge is 2.33. The van der Waals surface area contributed by atoms with Crippen molar-refractivity contribution in [2.24, 2.45) is 24.8 Å². The summed E-state index contributed by atoms with van der Waals surface area (Å²) in [5.74, 6) is 4.07. The van der Waals surface area contributed by atoms with E-state index in [1.807, 2.05) is 0 Å². The molecular weight excluding hydrogens is 498 g/mol. The zero-order chi connectivity index (χ0) is 28.4. The summed E-state index contributed by atoms with van der Waals surface area (Å²) in [4.78, 5) is 0. The van der Waals surface area contributed by atoms with Crippen molar-refractivity contribution in [3.8, 4) is 22.8 Å². The van der Waals surface area contributed by atoms with Gasteiger partial charge in [-0.3, -0.25) is 0 Å². The average Bonchev–Trinajstić information content (AvgIpc) is 3.45. The van der Waals surface area contributed by atoms with Crippen LogP contribution in [0, 0.1) is 24.7 Å². The van der Waals surface area contributed by atoms with Gasteiger partial charge in [0.25, 0.3) is 0 Å². The molecule has 1 aliphatic carbocycles. The molecule has 0 unspecified atom stereocenters. The number of pyridine rings is 1. The fourth-order valence-corrected chi connectivity index (χ4v) is 7.81. The third-order valence-corrected chi connectivity index (χ3v) is 9.66. The molecule has 2 heteroatoms. The van der Waals surface area contributed by atoms with E-state index < -0.39 is 0 Å². The SMILES string of the molecule is Cc1c2c(c(CC(C)C)c3ccc(CC(C)C)cc13)Oc1cc3ccc(CC4CCCC4)cc3c3cc[n+](C)c-2c13. The van der Waals surface area contributed by atoms with Crippen LogP contribution < -0.4 is 9.30 Å². The molecule has 0 N–H and O–H groups in total. The smallest absolute Gasteiger partial charge is 0.228 e. The molecule has 0 atom stereocenters. The molecule has 0 radical (unpaired) electrons. The Morgan fingerprint density at radius 3 is 2.29 bits per heavy atom. The van der Waals surface area contributed by atoms with Crippen molar-refractivity contribution < 1.29 is 9.30 Å². The molecule has 2 heterocycles. The summed E-state index contributed by atoms with van der Waals surface area (Å²) in [5.41, 5.74) is 8.15. The largest absolute Gasteiger partial charge is 0.455 e. The number of benzene rings is 4. The van der Waals surface area contributed by atoms with Crippen LogP contribution in [0.15, 0.2) is 54.7 Å². The maximum absolute atomic E-state index is 7.05. The van der Waals surface area contributed by atoms with Crippen molar-refractivity contribution in [2.75, 3.05) is 0 Å². The third kappa shape index (κ3) is 4.51. The molecule has 1 saturated carbocycles. The van der Waals surface area contributed by atoms with Crippen molar-refractivity contribution in [2.45, 2.75) is 79.6 Å². The van der Waals surface area contributed by atoms with E-state index in [1.54, 1.807) is 0 Å². The Kier molecular flexibility index (Phi) is 6.57. The summed E-state index contributed by atoms with van der Waals surface area (Å²) in [6, 6.07) is 18.9. The van der Waals surface area contributed by atoms with Gasteiger partial charge in [-0.25, -0.2) is 4.57 Å². The molecule has 41 heavy (non-hydrogen) atoms. The van der Waals surface area contributed by atoms with E-state index in [9.17, 15) is 0 Å². The molecule has 2 aliphatic rings. The quantitative estimate of drug-likeness (QED) is 0.151. The van der Waals surface area contributed by atoms with E-state index >= 15 is 0 Å². The van der Waals surface area contributed by atoms with Gasteiger partial charge >= 0.3 is 0 Å². The topological polar surface area (TPSA) is 13.1 Å². The highest BCUT2D eigenvalue weighted by molar-refractivity contribution is 6.16. The minimum Gasteiger partial charge on any atom is -0.455 e. The van der Waals surface area contributed by atoms with Crippen LogP contribution >= 0.6 is 0 Å². The van der Waals surface area contributed by atoms with Gasteiger partial charge in [0.2, 0.25) is 5.69 Å². The number of aryl methyl sites for hydroxylation is 2. The van der Waals surface area contributed by atoms with E-state index in [1.165, 1.54) is 97.9 Å². The van der Waals surface area contributed by atoms with E-state index in [-0.39, 0.29) is 0 Å². The Bertz CT molecular complexity index is 1820. The summed E-state index contributed by atoms with van der Waals surface area (Å²) >= 11 is 0. The Balaban J connectivity index is 1.50. The molecule has 2 nitrogen and oxygen atoms in total. The highest BCUT2D eigenvalue weighted by atomic mass is 16.5. The Labute approximate surface area is 245 Å². The second kappa shape index (κ2) is 10.2. The maximum Gasteiger partial charge on any atom is 0.228 e. The minimum atomic E-state index is 0.532. The van der Waals surface area contributed by atoms with E-state index in [0.717, 1.165) is 30.3 Å². The lowest BCUT2D eigenvalue weighted by Crippen LogP contribution is -2.32. The van der Waals surface area contributed by atoms with Gasteiger partial charge in [0.1, 0.15) is 18.5 Å². The third-order valence-electron chi connectivity index (χ3n) is 9.66. The fraction of sp³-hybridized carbons (Fsp3) is 0.410. The van der Waals surface area contributed by atoms with Crippen LogP contribution in [0.3, 0.4) is 0 Å². The first-order chi connectivity index (χ1) is 19.8. The lowest BCUT2D eigenvalue weighted by molar-refractivity contribution is -0.659. The lowest BCUT2D eigenvalue weighted by Gasteiger charge is -2.26. The molecule has 0 bridgehead atoms. The lowest BCUT2D eigenvalue weighted by atomic mass is 9.84. The summed E-state index contributed by atoms with van der Waals surface area (Å²) < 4.78 is 9.38. The Morgan fingerprint density at radius 1 is 0.805 bits per heavy atom. The van der Waals surface area contributed by atoms with Crippen molar-refractivity contribution in [3.63, 3.8) is 0 Å². The van der Waals surface area contributed by atoms with Gasteiger partial charge in [-0.05, 0) is 88.2 Å². The number of hydrogen-bond donors (Lipinski definition) is 0. The summed E-state index contributed by atoms with van der Waals surface area (Å²) in [6.07, 6.45) is 11.1. The van der Waals surface area contributed by atoms with Gasteiger partial charge in [-0.1, -0.05) is 89.8 Å². The molecular formula is C39H44NO+. The minimum absolute atomic E-state index is 0.532. The van der Waals surface area contributed by atoms with Crippen LogP contribution in [-0.2, 0) is 26.3 Å². The molecule has 0 spiro atoms. The predicted molar refractivity (Wildman–Crippen MR) is 173 cm³/mol. The maximum atomic E-state index is 7.05. The predicted octanol–water partition coefficient (Wildman–Crippen LogP) is 10.2. The Hall–Kier alpha value is -3.39. The second-order valence-corrected chi connectivity index (χ2v) is 13.8.